The van der Waals surface area contributed by atoms with Crippen LogP contribution in [0.25, 0.3) is 71.3 Å². The largest absolute Gasteiger partial charge is 0.310 e. The van der Waals surface area contributed by atoms with Crippen LogP contribution in [0.2, 0.25) is 0 Å². The zero-order chi connectivity index (χ0) is 34.4. The third kappa shape index (κ3) is 4.96. The summed E-state index contributed by atoms with van der Waals surface area (Å²) in [6.07, 6.45) is 0. The number of anilines is 3. The molecule has 244 valence electrons. The predicted molar refractivity (Wildman–Crippen MR) is 221 cm³/mol. The van der Waals surface area contributed by atoms with Crippen molar-refractivity contribution in [1.82, 2.24) is 4.57 Å². The summed E-state index contributed by atoms with van der Waals surface area (Å²) in [7, 11) is 0. The highest BCUT2D eigenvalue weighted by Gasteiger charge is 2.20. The molecule has 0 bridgehead atoms. The molecule has 0 aliphatic carbocycles. The maximum Gasteiger partial charge on any atom is 0.0561 e. The minimum absolute atomic E-state index is 1.09. The highest BCUT2D eigenvalue weighted by Crippen LogP contribution is 2.44. The number of para-hydroxylation sites is 3. The van der Waals surface area contributed by atoms with E-state index in [1.165, 1.54) is 65.6 Å². The van der Waals surface area contributed by atoms with E-state index in [0.29, 0.717) is 0 Å². The molecular weight excluding hydrogens is 629 g/mol. The van der Waals surface area contributed by atoms with Gasteiger partial charge in [-0.1, -0.05) is 158 Å². The lowest BCUT2D eigenvalue weighted by Gasteiger charge is -2.28. The fourth-order valence-corrected chi connectivity index (χ4v) is 8.02. The van der Waals surface area contributed by atoms with E-state index in [9.17, 15) is 0 Å². The maximum atomic E-state index is 2.43. The maximum absolute atomic E-state index is 2.43. The first-order valence-corrected chi connectivity index (χ1v) is 17.9. The Kier molecular flexibility index (Phi) is 7.18. The number of benzene rings is 9. The van der Waals surface area contributed by atoms with Crippen LogP contribution in [0.5, 0.6) is 0 Å². The fraction of sp³-hybridized carbons (Fsp3) is 0. The molecule has 1 heterocycles. The number of hydrogen-bond donors (Lipinski definition) is 0. The molecule has 0 radical (unpaired) electrons. The van der Waals surface area contributed by atoms with Gasteiger partial charge in [0.25, 0.3) is 0 Å². The van der Waals surface area contributed by atoms with Gasteiger partial charge in [0.2, 0.25) is 0 Å². The lowest BCUT2D eigenvalue weighted by atomic mass is 9.94. The van der Waals surface area contributed by atoms with Gasteiger partial charge < -0.3 is 9.47 Å². The van der Waals surface area contributed by atoms with Gasteiger partial charge in [-0.3, -0.25) is 0 Å². The van der Waals surface area contributed by atoms with Crippen molar-refractivity contribution in [3.05, 3.63) is 206 Å². The summed E-state index contributed by atoms with van der Waals surface area (Å²) in [4.78, 5) is 2.43. The van der Waals surface area contributed by atoms with Gasteiger partial charge in [-0.2, -0.15) is 0 Å². The van der Waals surface area contributed by atoms with Gasteiger partial charge >= 0.3 is 0 Å². The molecule has 0 unspecified atom stereocenters. The van der Waals surface area contributed by atoms with Crippen LogP contribution in [-0.2, 0) is 0 Å². The SMILES string of the molecule is c1ccc(-c2ccccc2N(c2cccc(-c3cccc4c3ccc3ccccc34)c2)c2ccc3c4ccccc4n(-c4ccccc4)c3c2)cc1. The minimum Gasteiger partial charge on any atom is -0.310 e. The second kappa shape index (κ2) is 12.5. The third-order valence-electron chi connectivity index (χ3n) is 10.4. The normalized spacial score (nSPS) is 11.5. The number of hydrogen-bond acceptors (Lipinski definition) is 1. The fourth-order valence-electron chi connectivity index (χ4n) is 8.02. The van der Waals surface area contributed by atoms with E-state index >= 15 is 0 Å². The molecule has 0 amide bonds. The van der Waals surface area contributed by atoms with Crippen molar-refractivity contribution in [2.45, 2.75) is 0 Å². The van der Waals surface area contributed by atoms with Crippen LogP contribution in [0, 0.1) is 0 Å². The van der Waals surface area contributed by atoms with E-state index in [0.717, 1.165) is 22.7 Å². The zero-order valence-corrected chi connectivity index (χ0v) is 28.5. The zero-order valence-electron chi connectivity index (χ0n) is 28.5. The Balaban J connectivity index is 1.22. The van der Waals surface area contributed by atoms with Crippen molar-refractivity contribution in [2.24, 2.45) is 0 Å². The Morgan fingerprint density at radius 2 is 0.942 bits per heavy atom. The molecule has 0 saturated heterocycles. The van der Waals surface area contributed by atoms with Crippen molar-refractivity contribution < 1.29 is 0 Å². The molecule has 9 aromatic carbocycles. The van der Waals surface area contributed by atoms with Gasteiger partial charge in [0.1, 0.15) is 0 Å². The molecule has 10 rings (SSSR count). The van der Waals surface area contributed by atoms with Crippen LogP contribution in [0.3, 0.4) is 0 Å². The highest BCUT2D eigenvalue weighted by atomic mass is 15.1. The van der Waals surface area contributed by atoms with Gasteiger partial charge in [-0.05, 0) is 86.8 Å². The average Bonchev–Trinajstić information content (AvgIpc) is 3.55. The molecule has 2 nitrogen and oxygen atoms in total. The van der Waals surface area contributed by atoms with Crippen LogP contribution in [-0.4, -0.2) is 4.57 Å². The number of fused-ring (bicyclic) bond motifs is 6. The minimum atomic E-state index is 1.09. The lowest BCUT2D eigenvalue weighted by molar-refractivity contribution is 1.18. The Bertz CT molecular complexity index is 2900. The monoisotopic (exact) mass is 662 g/mol. The molecule has 0 atom stereocenters. The van der Waals surface area contributed by atoms with Gasteiger partial charge in [-0.15, -0.1) is 0 Å². The Labute approximate surface area is 303 Å². The number of aromatic nitrogens is 1. The summed E-state index contributed by atoms with van der Waals surface area (Å²) in [5, 5.41) is 7.53. The lowest BCUT2D eigenvalue weighted by Crippen LogP contribution is -2.11. The van der Waals surface area contributed by atoms with E-state index in [2.05, 4.69) is 216 Å². The molecule has 0 aliphatic rings. The Morgan fingerprint density at radius 1 is 0.327 bits per heavy atom. The van der Waals surface area contributed by atoms with Crippen molar-refractivity contribution in [3.8, 4) is 27.9 Å². The molecule has 2 heteroatoms. The van der Waals surface area contributed by atoms with E-state index in [4.69, 9.17) is 0 Å². The van der Waals surface area contributed by atoms with Crippen LogP contribution in [0.1, 0.15) is 0 Å². The molecule has 0 spiro atoms. The summed E-state index contributed by atoms with van der Waals surface area (Å²) in [5.41, 5.74) is 11.6. The van der Waals surface area contributed by atoms with Crippen molar-refractivity contribution >= 4 is 60.4 Å². The van der Waals surface area contributed by atoms with E-state index < -0.39 is 0 Å². The number of rotatable bonds is 6. The van der Waals surface area contributed by atoms with Crippen molar-refractivity contribution in [1.29, 1.82) is 0 Å². The summed E-state index contributed by atoms with van der Waals surface area (Å²) in [6.45, 7) is 0. The van der Waals surface area contributed by atoms with Gasteiger partial charge in [0.15, 0.2) is 0 Å². The van der Waals surface area contributed by atoms with Gasteiger partial charge in [0.05, 0.1) is 16.7 Å². The van der Waals surface area contributed by atoms with Gasteiger partial charge in [0, 0.05) is 33.4 Å². The first kappa shape index (κ1) is 30.0. The summed E-state index contributed by atoms with van der Waals surface area (Å²) in [6, 6.07) is 74.7. The molecule has 0 aliphatic heterocycles. The molecule has 1 aromatic heterocycles. The summed E-state index contributed by atoms with van der Waals surface area (Å²) < 4.78 is 2.40. The summed E-state index contributed by atoms with van der Waals surface area (Å²) in [5.74, 6) is 0. The highest BCUT2D eigenvalue weighted by molar-refractivity contribution is 6.13. The standard InChI is InChI=1S/C50H34N2/c1-3-15-35(16-4-1)43-23-9-11-27-48(43)51(40-30-32-47-46-24-10-12-28-49(46)52(50(47)34-40)38-19-5-2-6-20-38)39-21-13-18-37(33-39)42-25-14-26-44-41-22-8-7-17-36(41)29-31-45(42)44/h1-34H. The van der Waals surface area contributed by atoms with Crippen LogP contribution < -0.4 is 4.90 Å². The predicted octanol–water partition coefficient (Wildman–Crippen LogP) is 13.9. The third-order valence-corrected chi connectivity index (χ3v) is 10.4. The second-order valence-electron chi connectivity index (χ2n) is 13.3. The van der Waals surface area contributed by atoms with Gasteiger partial charge in [-0.25, -0.2) is 0 Å². The topological polar surface area (TPSA) is 8.17 Å². The molecule has 0 N–H and O–H groups in total. The van der Waals surface area contributed by atoms with E-state index in [1.54, 1.807) is 0 Å². The number of nitrogens with zero attached hydrogens (tertiary/aromatic N) is 2. The Hall–Kier alpha value is -6.90. The van der Waals surface area contributed by atoms with Crippen molar-refractivity contribution in [2.75, 3.05) is 4.90 Å². The van der Waals surface area contributed by atoms with E-state index in [-0.39, 0.29) is 0 Å². The first-order chi connectivity index (χ1) is 25.8. The first-order valence-electron chi connectivity index (χ1n) is 17.9. The van der Waals surface area contributed by atoms with E-state index in [1.807, 2.05) is 0 Å². The Morgan fingerprint density at radius 3 is 1.83 bits per heavy atom. The van der Waals surface area contributed by atoms with Crippen molar-refractivity contribution in [3.63, 3.8) is 0 Å². The molecule has 52 heavy (non-hydrogen) atoms. The molecule has 0 fully saturated rings. The average molecular weight is 663 g/mol. The smallest absolute Gasteiger partial charge is 0.0561 e. The van der Waals surface area contributed by atoms with Crippen LogP contribution in [0.4, 0.5) is 17.1 Å². The molecular formula is C50H34N2. The second-order valence-corrected chi connectivity index (χ2v) is 13.3. The molecule has 0 saturated carbocycles. The van der Waals surface area contributed by atoms with Crippen LogP contribution in [0.15, 0.2) is 206 Å². The quantitative estimate of drug-likeness (QED) is 0.161. The van der Waals surface area contributed by atoms with Crippen LogP contribution >= 0.6 is 0 Å². The summed E-state index contributed by atoms with van der Waals surface area (Å²) >= 11 is 0. The molecule has 10 aromatic rings.